The lowest BCUT2D eigenvalue weighted by Gasteiger charge is -2.15. The highest BCUT2D eigenvalue weighted by atomic mass is 15.0. The van der Waals surface area contributed by atoms with Gasteiger partial charge in [0.1, 0.15) is 0 Å². The van der Waals surface area contributed by atoms with Crippen LogP contribution in [0.5, 0.6) is 0 Å². The van der Waals surface area contributed by atoms with E-state index in [-0.39, 0.29) is 0 Å². The zero-order chi connectivity index (χ0) is 20.8. The number of hydrogen-bond donors (Lipinski definition) is 0. The van der Waals surface area contributed by atoms with Crippen LogP contribution in [0.15, 0.2) is 73.1 Å². The van der Waals surface area contributed by atoms with Gasteiger partial charge in [-0.2, -0.15) is 5.26 Å². The number of hydrogen-bond acceptors (Lipinski definition) is 2. The average molecular weight is 387 g/mol. The van der Waals surface area contributed by atoms with Crippen LogP contribution in [0.1, 0.15) is 22.3 Å². The first kappa shape index (κ1) is 18.1. The lowest BCUT2D eigenvalue weighted by atomic mass is 9.97. The van der Waals surface area contributed by atoms with Gasteiger partial charge < -0.3 is 4.57 Å². The van der Waals surface area contributed by atoms with Crippen LogP contribution in [0.4, 0.5) is 0 Å². The van der Waals surface area contributed by atoms with E-state index in [0.29, 0.717) is 5.56 Å². The van der Waals surface area contributed by atoms with Crippen LogP contribution in [-0.2, 0) is 0 Å². The topological polar surface area (TPSA) is 41.6 Å². The van der Waals surface area contributed by atoms with Gasteiger partial charge in [0.25, 0.3) is 0 Å². The Hall–Kier alpha value is -3.90. The monoisotopic (exact) mass is 387 g/mol. The van der Waals surface area contributed by atoms with E-state index in [1.165, 1.54) is 21.9 Å². The summed E-state index contributed by atoms with van der Waals surface area (Å²) in [5, 5.41) is 12.4. The van der Waals surface area contributed by atoms with Crippen molar-refractivity contribution in [1.29, 1.82) is 5.26 Å². The van der Waals surface area contributed by atoms with Crippen molar-refractivity contribution < 1.29 is 0 Å². The molecule has 3 nitrogen and oxygen atoms in total. The molecule has 0 unspecified atom stereocenters. The van der Waals surface area contributed by atoms with Gasteiger partial charge in [0.05, 0.1) is 28.4 Å². The molecule has 3 heteroatoms. The van der Waals surface area contributed by atoms with Gasteiger partial charge in [0.2, 0.25) is 0 Å². The summed E-state index contributed by atoms with van der Waals surface area (Å²) in [5.74, 6) is 0. The first-order valence-electron chi connectivity index (χ1n) is 10.0. The number of benzene rings is 3. The first-order valence-corrected chi connectivity index (χ1v) is 10.0. The lowest BCUT2D eigenvalue weighted by Crippen LogP contribution is -1.99. The quantitative estimate of drug-likeness (QED) is 0.340. The average Bonchev–Trinajstić information content (AvgIpc) is 3.07. The molecular weight excluding hydrogens is 366 g/mol. The van der Waals surface area contributed by atoms with E-state index in [9.17, 15) is 5.26 Å². The molecular formula is C27H21N3. The summed E-state index contributed by atoms with van der Waals surface area (Å²) in [4.78, 5) is 4.10. The second-order valence-corrected chi connectivity index (χ2v) is 7.91. The molecule has 0 aliphatic rings. The SMILES string of the molecule is Cc1ccc2c(c1)c1cc(C)ccc1n2-c1cc(C#N)c(-c2ccncc2)cc1C. The number of pyridine rings is 1. The predicted molar refractivity (Wildman–Crippen MR) is 123 cm³/mol. The van der Waals surface area contributed by atoms with Gasteiger partial charge in [-0.05, 0) is 86.0 Å². The van der Waals surface area contributed by atoms with Gasteiger partial charge in [-0.25, -0.2) is 0 Å². The van der Waals surface area contributed by atoms with Gasteiger partial charge in [0.15, 0.2) is 0 Å². The van der Waals surface area contributed by atoms with Crippen molar-refractivity contribution in [2.24, 2.45) is 0 Å². The molecule has 0 spiro atoms. The molecule has 0 radical (unpaired) electrons. The van der Waals surface area contributed by atoms with Crippen LogP contribution in [-0.4, -0.2) is 9.55 Å². The van der Waals surface area contributed by atoms with Crippen LogP contribution >= 0.6 is 0 Å². The molecule has 0 saturated heterocycles. The summed E-state index contributed by atoms with van der Waals surface area (Å²) < 4.78 is 2.29. The van der Waals surface area contributed by atoms with E-state index < -0.39 is 0 Å². The second kappa shape index (κ2) is 6.86. The van der Waals surface area contributed by atoms with E-state index >= 15 is 0 Å². The number of nitriles is 1. The third kappa shape index (κ3) is 2.77. The molecule has 0 saturated carbocycles. The molecule has 2 heterocycles. The molecule has 0 amide bonds. The summed E-state index contributed by atoms with van der Waals surface area (Å²) in [6.45, 7) is 6.36. The molecule has 0 aliphatic carbocycles. The molecule has 5 aromatic rings. The number of aromatic nitrogens is 2. The molecule has 0 atom stereocenters. The normalized spacial score (nSPS) is 11.1. The first-order chi connectivity index (χ1) is 14.6. The van der Waals surface area contributed by atoms with E-state index in [4.69, 9.17) is 0 Å². The molecule has 2 aromatic heterocycles. The van der Waals surface area contributed by atoms with E-state index in [0.717, 1.165) is 33.4 Å². The number of fused-ring (bicyclic) bond motifs is 3. The standard InChI is InChI=1S/C27H21N3/c1-17-4-6-25-23(12-17)24-13-18(2)5-7-26(24)30(25)27-15-21(16-28)22(14-19(27)3)20-8-10-29-11-9-20/h4-15H,1-3H3. The zero-order valence-electron chi connectivity index (χ0n) is 17.3. The van der Waals surface area contributed by atoms with Gasteiger partial charge >= 0.3 is 0 Å². The highest BCUT2D eigenvalue weighted by Gasteiger charge is 2.16. The minimum atomic E-state index is 0.663. The Bertz CT molecular complexity index is 1410. The van der Waals surface area contributed by atoms with Gasteiger partial charge in [-0.3, -0.25) is 4.98 Å². The fourth-order valence-electron chi connectivity index (χ4n) is 4.31. The molecule has 144 valence electrons. The maximum Gasteiger partial charge on any atom is 0.0998 e. The second-order valence-electron chi connectivity index (χ2n) is 7.91. The molecule has 0 aliphatic heterocycles. The van der Waals surface area contributed by atoms with Crippen molar-refractivity contribution in [3.05, 3.63) is 95.3 Å². The fourth-order valence-corrected chi connectivity index (χ4v) is 4.31. The summed E-state index contributed by atoms with van der Waals surface area (Å²) in [6, 6.07) is 23.6. The van der Waals surface area contributed by atoms with Crippen LogP contribution in [0.2, 0.25) is 0 Å². The minimum Gasteiger partial charge on any atom is -0.309 e. The molecule has 0 N–H and O–H groups in total. The third-order valence-electron chi connectivity index (χ3n) is 5.76. The highest BCUT2D eigenvalue weighted by Crippen LogP contribution is 2.36. The van der Waals surface area contributed by atoms with Crippen LogP contribution < -0.4 is 0 Å². The van der Waals surface area contributed by atoms with Crippen molar-refractivity contribution in [1.82, 2.24) is 9.55 Å². The number of nitrogens with zero attached hydrogens (tertiary/aromatic N) is 3. The fraction of sp³-hybridized carbons (Fsp3) is 0.111. The Balaban J connectivity index is 1.86. The summed E-state index contributed by atoms with van der Waals surface area (Å²) >= 11 is 0. The van der Waals surface area contributed by atoms with Crippen molar-refractivity contribution in [2.45, 2.75) is 20.8 Å². The van der Waals surface area contributed by atoms with Crippen molar-refractivity contribution in [3.8, 4) is 22.9 Å². The summed E-state index contributed by atoms with van der Waals surface area (Å²) in [5.41, 5.74) is 9.57. The Kier molecular flexibility index (Phi) is 4.15. The van der Waals surface area contributed by atoms with Crippen LogP contribution in [0.3, 0.4) is 0 Å². The van der Waals surface area contributed by atoms with Crippen LogP contribution in [0, 0.1) is 32.1 Å². The largest absolute Gasteiger partial charge is 0.309 e. The molecule has 30 heavy (non-hydrogen) atoms. The van der Waals surface area contributed by atoms with Crippen molar-refractivity contribution in [3.63, 3.8) is 0 Å². The molecule has 3 aromatic carbocycles. The highest BCUT2D eigenvalue weighted by molar-refractivity contribution is 6.09. The number of rotatable bonds is 2. The van der Waals surface area contributed by atoms with Gasteiger partial charge in [0, 0.05) is 23.2 Å². The Morgan fingerprint density at radius 3 is 1.93 bits per heavy atom. The molecule has 0 bridgehead atoms. The number of aryl methyl sites for hydroxylation is 3. The van der Waals surface area contributed by atoms with Crippen molar-refractivity contribution >= 4 is 21.8 Å². The maximum atomic E-state index is 9.92. The lowest BCUT2D eigenvalue weighted by molar-refractivity contribution is 1.14. The Morgan fingerprint density at radius 2 is 1.37 bits per heavy atom. The molecule has 5 rings (SSSR count). The van der Waals surface area contributed by atoms with E-state index in [1.807, 2.05) is 18.2 Å². The maximum absolute atomic E-state index is 9.92. The van der Waals surface area contributed by atoms with E-state index in [2.05, 4.69) is 78.9 Å². The predicted octanol–water partition coefficient (Wildman–Crippen LogP) is 6.64. The van der Waals surface area contributed by atoms with Crippen molar-refractivity contribution in [2.75, 3.05) is 0 Å². The smallest absolute Gasteiger partial charge is 0.0998 e. The Labute approximate surface area is 175 Å². The van der Waals surface area contributed by atoms with Gasteiger partial charge in [-0.1, -0.05) is 23.3 Å². The Morgan fingerprint density at radius 1 is 0.767 bits per heavy atom. The van der Waals surface area contributed by atoms with Crippen LogP contribution in [0.25, 0.3) is 38.6 Å². The van der Waals surface area contributed by atoms with E-state index in [1.54, 1.807) is 12.4 Å². The minimum absolute atomic E-state index is 0.663. The molecule has 0 fully saturated rings. The summed E-state index contributed by atoms with van der Waals surface area (Å²) in [7, 11) is 0. The summed E-state index contributed by atoms with van der Waals surface area (Å²) in [6.07, 6.45) is 3.52. The zero-order valence-corrected chi connectivity index (χ0v) is 17.3. The third-order valence-corrected chi connectivity index (χ3v) is 5.76. The van der Waals surface area contributed by atoms with Gasteiger partial charge in [-0.15, -0.1) is 0 Å².